The fraction of sp³-hybridized carbons (Fsp3) is 0.500. The van der Waals surface area contributed by atoms with Crippen molar-refractivity contribution in [1.82, 2.24) is 19.8 Å². The van der Waals surface area contributed by atoms with Crippen molar-refractivity contribution >= 4 is 5.91 Å². The zero-order valence-corrected chi connectivity index (χ0v) is 15.6. The Labute approximate surface area is 154 Å². The molecule has 2 N–H and O–H groups in total. The zero-order valence-electron chi connectivity index (χ0n) is 15.6. The average molecular weight is 356 g/mol. The van der Waals surface area contributed by atoms with Crippen LogP contribution in [0.3, 0.4) is 0 Å². The third-order valence-electron chi connectivity index (χ3n) is 4.86. The molecule has 0 bridgehead atoms. The predicted octanol–water partition coefficient (Wildman–Crippen LogP) is 2.24. The summed E-state index contributed by atoms with van der Waals surface area (Å²) in [6, 6.07) is 7.80. The maximum atomic E-state index is 13.2. The van der Waals surface area contributed by atoms with Crippen molar-refractivity contribution in [2.24, 2.45) is 5.92 Å². The molecule has 0 saturated carbocycles. The summed E-state index contributed by atoms with van der Waals surface area (Å²) in [5.74, 6) is 1.31. The van der Waals surface area contributed by atoms with Gasteiger partial charge in [0.05, 0.1) is 5.56 Å². The molecular formula is C20H28N4O2. The van der Waals surface area contributed by atoms with Gasteiger partial charge in [0.15, 0.2) is 0 Å². The molecule has 6 nitrogen and oxygen atoms in total. The highest BCUT2D eigenvalue weighted by atomic mass is 16.3. The van der Waals surface area contributed by atoms with Crippen molar-refractivity contribution in [3.05, 3.63) is 42.2 Å². The smallest absolute Gasteiger partial charge is 0.254 e. The molecule has 1 fully saturated rings. The van der Waals surface area contributed by atoms with Gasteiger partial charge in [0.2, 0.25) is 0 Å². The summed E-state index contributed by atoms with van der Waals surface area (Å²) in [5.41, 5.74) is 1.49. The first-order chi connectivity index (χ1) is 12.6. The van der Waals surface area contributed by atoms with E-state index in [0.29, 0.717) is 36.8 Å². The van der Waals surface area contributed by atoms with Gasteiger partial charge in [-0.2, -0.15) is 0 Å². The molecule has 1 aliphatic heterocycles. The average Bonchev–Trinajstić information content (AvgIpc) is 3.17. The fourth-order valence-corrected chi connectivity index (χ4v) is 3.67. The number of hydrogen-bond acceptors (Lipinski definition) is 4. The highest BCUT2D eigenvalue weighted by Gasteiger charge is 2.30. The van der Waals surface area contributed by atoms with Gasteiger partial charge in [-0.3, -0.25) is 9.69 Å². The minimum Gasteiger partial charge on any atom is -0.396 e. The molecule has 6 heteroatoms. The molecule has 3 rings (SSSR count). The number of nitrogens with one attached hydrogen (secondary N) is 1. The van der Waals surface area contributed by atoms with Gasteiger partial charge in [-0.05, 0) is 18.4 Å². The lowest BCUT2D eigenvalue weighted by Gasteiger charge is -2.42. The zero-order chi connectivity index (χ0) is 18.5. The summed E-state index contributed by atoms with van der Waals surface area (Å²) in [6.07, 6.45) is 4.15. The molecule has 0 radical (unpaired) electrons. The van der Waals surface area contributed by atoms with Gasteiger partial charge < -0.3 is 15.0 Å². The van der Waals surface area contributed by atoms with Crippen LogP contribution in [0.5, 0.6) is 0 Å². The number of amides is 1. The Bertz CT molecular complexity index is 714. The van der Waals surface area contributed by atoms with E-state index in [1.165, 1.54) is 0 Å². The van der Waals surface area contributed by atoms with Gasteiger partial charge in [-0.1, -0.05) is 32.0 Å². The lowest BCUT2D eigenvalue weighted by atomic mass is 10.0. The van der Waals surface area contributed by atoms with Crippen molar-refractivity contribution in [3.63, 3.8) is 0 Å². The third kappa shape index (κ3) is 4.14. The van der Waals surface area contributed by atoms with Crippen LogP contribution in [-0.4, -0.2) is 69.6 Å². The lowest BCUT2D eigenvalue weighted by molar-refractivity contribution is 0.0385. The summed E-state index contributed by atoms with van der Waals surface area (Å²) < 4.78 is 0. The fourth-order valence-electron chi connectivity index (χ4n) is 3.67. The SMILES string of the molecule is CC(C)CN1CCN(C(=O)c2ccccc2-c2ncc[nH]2)C[C@@H]1CCO. The summed E-state index contributed by atoms with van der Waals surface area (Å²) in [5, 5.41) is 9.44. The van der Waals surface area contributed by atoms with E-state index >= 15 is 0 Å². The normalized spacial score (nSPS) is 18.5. The van der Waals surface area contributed by atoms with Crippen LogP contribution in [0.2, 0.25) is 0 Å². The van der Waals surface area contributed by atoms with Crippen molar-refractivity contribution in [2.75, 3.05) is 32.8 Å². The van der Waals surface area contributed by atoms with E-state index in [9.17, 15) is 9.90 Å². The molecule has 140 valence electrons. The van der Waals surface area contributed by atoms with Gasteiger partial charge in [0.25, 0.3) is 5.91 Å². The topological polar surface area (TPSA) is 72.5 Å². The van der Waals surface area contributed by atoms with Crippen LogP contribution < -0.4 is 0 Å². The van der Waals surface area contributed by atoms with Crippen LogP contribution in [0.4, 0.5) is 0 Å². The highest BCUT2D eigenvalue weighted by molar-refractivity contribution is 6.00. The van der Waals surface area contributed by atoms with Crippen LogP contribution in [0.25, 0.3) is 11.4 Å². The van der Waals surface area contributed by atoms with E-state index < -0.39 is 0 Å². The Balaban J connectivity index is 1.79. The monoisotopic (exact) mass is 356 g/mol. The predicted molar refractivity (Wildman–Crippen MR) is 102 cm³/mol. The van der Waals surface area contributed by atoms with Crippen molar-refractivity contribution in [3.8, 4) is 11.4 Å². The molecule has 1 atom stereocenters. The van der Waals surface area contributed by atoms with Gasteiger partial charge in [0.1, 0.15) is 5.82 Å². The molecule has 2 aromatic rings. The first-order valence-electron chi connectivity index (χ1n) is 9.33. The van der Waals surface area contributed by atoms with E-state index in [4.69, 9.17) is 0 Å². The molecule has 1 saturated heterocycles. The number of carbonyl (C=O) groups is 1. The minimum atomic E-state index is 0.0316. The van der Waals surface area contributed by atoms with Crippen molar-refractivity contribution in [2.45, 2.75) is 26.3 Å². The van der Waals surface area contributed by atoms with E-state index in [-0.39, 0.29) is 18.6 Å². The number of imidazole rings is 1. The number of carbonyl (C=O) groups excluding carboxylic acids is 1. The molecule has 0 aliphatic carbocycles. The minimum absolute atomic E-state index is 0.0316. The quantitative estimate of drug-likeness (QED) is 0.833. The Kier molecular flexibility index (Phi) is 6.06. The first-order valence-corrected chi connectivity index (χ1v) is 9.33. The van der Waals surface area contributed by atoms with Crippen LogP contribution in [-0.2, 0) is 0 Å². The summed E-state index contributed by atoms with van der Waals surface area (Å²) >= 11 is 0. The van der Waals surface area contributed by atoms with Crippen LogP contribution in [0, 0.1) is 5.92 Å². The van der Waals surface area contributed by atoms with Crippen LogP contribution >= 0.6 is 0 Å². The van der Waals surface area contributed by atoms with E-state index in [1.54, 1.807) is 12.4 Å². The van der Waals surface area contributed by atoms with Crippen LogP contribution in [0.1, 0.15) is 30.6 Å². The number of aliphatic hydroxyl groups excluding tert-OH is 1. The van der Waals surface area contributed by atoms with Gasteiger partial charge in [0, 0.05) is 56.8 Å². The molecule has 1 aromatic heterocycles. The molecule has 26 heavy (non-hydrogen) atoms. The maximum absolute atomic E-state index is 13.2. The Hall–Kier alpha value is -2.18. The largest absolute Gasteiger partial charge is 0.396 e. The molecule has 2 heterocycles. The standard InChI is InChI=1S/C20H28N4O2/c1-15(2)13-23-10-11-24(14-16(23)7-12-25)20(26)18-6-4-3-5-17(18)19-21-8-9-22-19/h3-6,8-9,15-16,25H,7,10-14H2,1-2H3,(H,21,22)/t16-/m0/s1. The first kappa shape index (κ1) is 18.6. The third-order valence-corrected chi connectivity index (χ3v) is 4.86. The van der Waals surface area contributed by atoms with Gasteiger partial charge in [-0.25, -0.2) is 4.98 Å². The number of rotatable bonds is 6. The van der Waals surface area contributed by atoms with Crippen molar-refractivity contribution in [1.29, 1.82) is 0 Å². The second-order valence-electron chi connectivity index (χ2n) is 7.29. The van der Waals surface area contributed by atoms with Crippen molar-refractivity contribution < 1.29 is 9.90 Å². The molecule has 0 unspecified atom stereocenters. The second-order valence-corrected chi connectivity index (χ2v) is 7.29. The molecular weight excluding hydrogens is 328 g/mol. The number of aromatic amines is 1. The second kappa shape index (κ2) is 8.47. The van der Waals surface area contributed by atoms with E-state index in [2.05, 4.69) is 28.7 Å². The number of aliphatic hydroxyl groups is 1. The van der Waals surface area contributed by atoms with Crippen LogP contribution in [0.15, 0.2) is 36.7 Å². The number of hydrogen-bond donors (Lipinski definition) is 2. The maximum Gasteiger partial charge on any atom is 0.254 e. The van der Waals surface area contributed by atoms with E-state index in [1.807, 2.05) is 29.2 Å². The Morgan fingerprint density at radius 1 is 1.35 bits per heavy atom. The number of piperazine rings is 1. The summed E-state index contributed by atoms with van der Waals surface area (Å²) in [6.45, 7) is 7.75. The lowest BCUT2D eigenvalue weighted by Crippen LogP contribution is -2.55. The van der Waals surface area contributed by atoms with Gasteiger partial charge in [-0.15, -0.1) is 0 Å². The summed E-state index contributed by atoms with van der Waals surface area (Å²) in [4.78, 5) is 24.9. The summed E-state index contributed by atoms with van der Waals surface area (Å²) in [7, 11) is 0. The molecule has 1 aliphatic rings. The Morgan fingerprint density at radius 2 is 2.15 bits per heavy atom. The highest BCUT2D eigenvalue weighted by Crippen LogP contribution is 2.23. The number of aromatic nitrogens is 2. The Morgan fingerprint density at radius 3 is 2.85 bits per heavy atom. The van der Waals surface area contributed by atoms with Gasteiger partial charge >= 0.3 is 0 Å². The number of benzene rings is 1. The number of nitrogens with zero attached hydrogens (tertiary/aromatic N) is 3. The molecule has 1 amide bonds. The molecule has 0 spiro atoms. The number of H-pyrrole nitrogens is 1. The van der Waals surface area contributed by atoms with E-state index in [0.717, 1.165) is 18.7 Å². The molecule has 1 aromatic carbocycles.